The number of aliphatic hydroxyl groups excluding tert-OH is 1. The Morgan fingerprint density at radius 1 is 1.28 bits per heavy atom. The number of aliphatic hydroxyl groups is 1. The van der Waals surface area contributed by atoms with E-state index in [1.807, 2.05) is 0 Å². The molecule has 2 aliphatic rings. The quantitative estimate of drug-likeness (QED) is 0.827. The van der Waals surface area contributed by atoms with Crippen molar-refractivity contribution in [1.82, 2.24) is 4.90 Å². The van der Waals surface area contributed by atoms with Crippen molar-refractivity contribution in [3.8, 4) is 0 Å². The predicted octanol–water partition coefficient (Wildman–Crippen LogP) is 2.49. The van der Waals surface area contributed by atoms with E-state index in [4.69, 9.17) is 0 Å². The van der Waals surface area contributed by atoms with E-state index in [0.29, 0.717) is 5.92 Å². The first kappa shape index (κ1) is 12.3. The number of fused-ring (bicyclic) bond motifs is 2. The maximum absolute atomic E-state index is 10.2. The molecule has 2 nitrogen and oxygen atoms in total. The zero-order valence-corrected chi connectivity index (χ0v) is 11.5. The highest BCUT2D eigenvalue weighted by Crippen LogP contribution is 2.34. The van der Waals surface area contributed by atoms with Gasteiger partial charge in [-0.1, -0.05) is 18.2 Å². The van der Waals surface area contributed by atoms with Gasteiger partial charge in [-0.25, -0.2) is 0 Å². The molecule has 1 aromatic carbocycles. The summed E-state index contributed by atoms with van der Waals surface area (Å²) in [5.41, 5.74) is 2.62. The summed E-state index contributed by atoms with van der Waals surface area (Å²) in [4.78, 5) is 3.72. The van der Waals surface area contributed by atoms with Gasteiger partial charge in [0, 0.05) is 30.4 Å². The zero-order valence-electron chi connectivity index (χ0n) is 10.7. The van der Waals surface area contributed by atoms with Crippen LogP contribution in [0.25, 0.3) is 5.57 Å². The third-order valence-corrected chi connectivity index (χ3v) is 4.80. The summed E-state index contributed by atoms with van der Waals surface area (Å²) in [5, 5.41) is 10.2. The smallest absolute Gasteiger partial charge is 0.0633 e. The lowest BCUT2D eigenvalue weighted by molar-refractivity contribution is 0.0509. The highest BCUT2D eigenvalue weighted by molar-refractivity contribution is 7.98. The van der Waals surface area contributed by atoms with Gasteiger partial charge in [0.2, 0.25) is 0 Å². The van der Waals surface area contributed by atoms with Gasteiger partial charge in [0.05, 0.1) is 6.10 Å². The number of thioether (sulfide) groups is 1. The highest BCUT2D eigenvalue weighted by atomic mass is 32.2. The van der Waals surface area contributed by atoms with Crippen molar-refractivity contribution in [2.24, 2.45) is 5.92 Å². The molecule has 0 aromatic heterocycles. The van der Waals surface area contributed by atoms with Gasteiger partial charge in [-0.2, -0.15) is 0 Å². The molecule has 2 bridgehead atoms. The van der Waals surface area contributed by atoms with Crippen molar-refractivity contribution < 1.29 is 5.11 Å². The lowest BCUT2D eigenvalue weighted by Gasteiger charge is -2.40. The van der Waals surface area contributed by atoms with E-state index < -0.39 is 0 Å². The second-order valence-corrected chi connectivity index (χ2v) is 5.99. The summed E-state index contributed by atoms with van der Waals surface area (Å²) in [7, 11) is 0. The lowest BCUT2D eigenvalue weighted by atomic mass is 9.81. The average molecular weight is 261 g/mol. The van der Waals surface area contributed by atoms with Crippen LogP contribution in [-0.4, -0.2) is 42.0 Å². The van der Waals surface area contributed by atoms with Gasteiger partial charge in [-0.05, 0) is 35.9 Å². The maximum Gasteiger partial charge on any atom is 0.0633 e. The van der Waals surface area contributed by atoms with Crippen LogP contribution < -0.4 is 0 Å². The van der Waals surface area contributed by atoms with E-state index >= 15 is 0 Å². The molecule has 18 heavy (non-hydrogen) atoms. The SMILES string of the molecule is CSc1ccc(C2=CCN3CC[C@H](O)[C@H]2C3)cc1. The van der Waals surface area contributed by atoms with Crippen LogP contribution in [0.5, 0.6) is 0 Å². The van der Waals surface area contributed by atoms with Crippen molar-refractivity contribution >= 4 is 17.3 Å². The molecule has 0 saturated carbocycles. The average Bonchev–Trinajstić information content (AvgIpc) is 2.44. The summed E-state index contributed by atoms with van der Waals surface area (Å²) < 4.78 is 0. The Morgan fingerprint density at radius 3 is 2.78 bits per heavy atom. The standard InChI is InChI=1S/C15H19NOS/c1-18-12-4-2-11(3-5-12)13-6-8-16-9-7-15(17)14(13)10-16/h2-6,14-15,17H,7-10H2,1H3/t14-,15-/m0/s1. The van der Waals surface area contributed by atoms with Crippen LogP contribution >= 0.6 is 11.8 Å². The summed E-state index contributed by atoms with van der Waals surface area (Å²) in [5.74, 6) is 0.299. The highest BCUT2D eigenvalue weighted by Gasteiger charge is 2.33. The van der Waals surface area contributed by atoms with E-state index in [0.717, 1.165) is 26.1 Å². The molecule has 1 N–H and O–H groups in total. The van der Waals surface area contributed by atoms with Crippen LogP contribution in [0.4, 0.5) is 0 Å². The molecule has 3 heteroatoms. The van der Waals surface area contributed by atoms with Crippen LogP contribution in [0, 0.1) is 5.92 Å². The molecule has 0 spiro atoms. The maximum atomic E-state index is 10.2. The minimum absolute atomic E-state index is 0.173. The number of nitrogens with zero attached hydrogens (tertiary/aromatic N) is 1. The van der Waals surface area contributed by atoms with Gasteiger partial charge in [0.25, 0.3) is 0 Å². The minimum atomic E-state index is -0.173. The molecule has 1 unspecified atom stereocenters. The van der Waals surface area contributed by atoms with Crippen LogP contribution in [0.1, 0.15) is 12.0 Å². The van der Waals surface area contributed by atoms with Crippen molar-refractivity contribution in [2.45, 2.75) is 17.4 Å². The fourth-order valence-electron chi connectivity index (χ4n) is 2.97. The lowest BCUT2D eigenvalue weighted by Crippen LogP contribution is -2.46. The molecule has 1 saturated heterocycles. The molecule has 96 valence electrons. The van der Waals surface area contributed by atoms with Crippen LogP contribution in [0.3, 0.4) is 0 Å². The number of hydrogen-bond donors (Lipinski definition) is 1. The minimum Gasteiger partial charge on any atom is -0.392 e. The molecular formula is C15H19NOS. The Bertz CT molecular complexity index is 454. The van der Waals surface area contributed by atoms with Crippen LogP contribution in [0.15, 0.2) is 35.2 Å². The Kier molecular flexibility index (Phi) is 3.46. The van der Waals surface area contributed by atoms with Crippen LogP contribution in [0.2, 0.25) is 0 Å². The Balaban J connectivity index is 1.90. The normalized spacial score (nSPS) is 31.0. The molecule has 2 heterocycles. The Morgan fingerprint density at radius 2 is 2.06 bits per heavy atom. The molecule has 0 aliphatic carbocycles. The number of piperidine rings is 1. The Labute approximate surface area is 113 Å². The van der Waals surface area contributed by atoms with Crippen molar-refractivity contribution in [3.05, 3.63) is 35.9 Å². The Hall–Kier alpha value is -0.770. The summed E-state index contributed by atoms with van der Waals surface area (Å²) in [6, 6.07) is 8.72. The molecule has 0 amide bonds. The topological polar surface area (TPSA) is 23.5 Å². The van der Waals surface area contributed by atoms with Crippen molar-refractivity contribution in [3.63, 3.8) is 0 Å². The fraction of sp³-hybridized carbons (Fsp3) is 0.467. The van der Waals surface area contributed by atoms with Crippen LogP contribution in [-0.2, 0) is 0 Å². The third-order valence-electron chi connectivity index (χ3n) is 4.05. The zero-order chi connectivity index (χ0) is 12.5. The molecule has 1 fully saturated rings. The molecule has 2 aliphatic heterocycles. The molecular weight excluding hydrogens is 242 g/mol. The summed E-state index contributed by atoms with van der Waals surface area (Å²) in [6.45, 7) is 3.08. The molecule has 0 radical (unpaired) electrons. The van der Waals surface area contributed by atoms with E-state index in [9.17, 15) is 5.11 Å². The van der Waals surface area contributed by atoms with Gasteiger partial charge < -0.3 is 5.11 Å². The van der Waals surface area contributed by atoms with E-state index in [2.05, 4.69) is 41.5 Å². The van der Waals surface area contributed by atoms with Gasteiger partial charge in [0.15, 0.2) is 0 Å². The van der Waals surface area contributed by atoms with E-state index in [1.165, 1.54) is 16.0 Å². The van der Waals surface area contributed by atoms with Gasteiger partial charge in [-0.3, -0.25) is 4.90 Å². The van der Waals surface area contributed by atoms with E-state index in [-0.39, 0.29) is 6.10 Å². The predicted molar refractivity (Wildman–Crippen MR) is 76.8 cm³/mol. The number of rotatable bonds is 2. The van der Waals surface area contributed by atoms with Gasteiger partial charge >= 0.3 is 0 Å². The monoisotopic (exact) mass is 261 g/mol. The largest absolute Gasteiger partial charge is 0.392 e. The summed E-state index contributed by atoms with van der Waals surface area (Å²) in [6.07, 6.45) is 5.13. The molecule has 1 aromatic rings. The first-order valence-electron chi connectivity index (χ1n) is 6.53. The number of benzene rings is 1. The summed E-state index contributed by atoms with van der Waals surface area (Å²) >= 11 is 1.77. The molecule has 3 atom stereocenters. The van der Waals surface area contributed by atoms with Gasteiger partial charge in [0.1, 0.15) is 0 Å². The van der Waals surface area contributed by atoms with E-state index in [1.54, 1.807) is 11.8 Å². The fourth-order valence-corrected chi connectivity index (χ4v) is 3.38. The first-order valence-corrected chi connectivity index (χ1v) is 7.75. The molecule has 3 rings (SSSR count). The number of hydrogen-bond acceptors (Lipinski definition) is 3. The van der Waals surface area contributed by atoms with Gasteiger partial charge in [-0.15, -0.1) is 11.8 Å². The third kappa shape index (κ3) is 2.22. The van der Waals surface area contributed by atoms with Crippen molar-refractivity contribution in [1.29, 1.82) is 0 Å². The first-order chi connectivity index (χ1) is 8.78. The van der Waals surface area contributed by atoms with Crippen molar-refractivity contribution in [2.75, 3.05) is 25.9 Å². The second kappa shape index (κ2) is 5.08. The second-order valence-electron chi connectivity index (χ2n) is 5.11.